The third-order valence-corrected chi connectivity index (χ3v) is 4.49. The molecule has 0 rings (SSSR count). The van der Waals surface area contributed by atoms with Gasteiger partial charge in [-0.1, -0.05) is 68.2 Å². The molecule has 0 amide bonds. The van der Waals surface area contributed by atoms with E-state index in [4.69, 9.17) is 10.2 Å². The van der Waals surface area contributed by atoms with Crippen LogP contribution in [0.1, 0.15) is 101 Å². The van der Waals surface area contributed by atoms with Gasteiger partial charge in [0.2, 0.25) is 0 Å². The predicted molar refractivity (Wildman–Crippen MR) is 109 cm³/mol. The van der Waals surface area contributed by atoms with E-state index < -0.39 is 23.6 Å². The molecule has 4 unspecified atom stereocenters. The van der Waals surface area contributed by atoms with Crippen molar-refractivity contribution in [3.8, 4) is 0 Å². The van der Waals surface area contributed by atoms with Crippen LogP contribution in [0.2, 0.25) is 0 Å². The van der Waals surface area contributed by atoms with E-state index in [1.165, 1.54) is 0 Å². The summed E-state index contributed by atoms with van der Waals surface area (Å²) >= 11 is 0. The average molecular weight is 443 g/mol. The van der Waals surface area contributed by atoms with Crippen molar-refractivity contribution in [1.82, 2.24) is 0 Å². The van der Waals surface area contributed by atoms with Crippen molar-refractivity contribution in [2.45, 2.75) is 125 Å². The number of hydrogen-bond acceptors (Lipinski definition) is 2. The lowest BCUT2D eigenvalue weighted by Crippen LogP contribution is -2.43. The number of rotatable bonds is 7. The Bertz CT molecular complexity index is 363. The zero-order chi connectivity index (χ0) is 24.7. The fourth-order valence-corrected chi connectivity index (χ4v) is 1.81. The van der Waals surface area contributed by atoms with Crippen LogP contribution in [0.3, 0.4) is 0 Å². The molecule has 0 aliphatic rings. The van der Waals surface area contributed by atoms with Crippen molar-refractivity contribution in [1.29, 1.82) is 0 Å². The standard InChI is InChI=1S/C9H17F3O.C8H15F3O.2C2H6/c1-4-7(2)5-6-8(3,13)9(10,11)12;1-4-6(2)5-7(3,12)8(9,10)11;2*1-2/h7,13H,4-6H2,1-3H3;6,12H,4-5H2,1-3H3;2*1-2H3. The molecule has 0 radical (unpaired) electrons. The molecule has 0 aliphatic carbocycles. The van der Waals surface area contributed by atoms with Crippen LogP contribution in [0.4, 0.5) is 26.3 Å². The summed E-state index contributed by atoms with van der Waals surface area (Å²) in [5.41, 5.74) is -5.07. The predicted octanol–water partition coefficient (Wildman–Crippen LogP) is 7.91. The first-order valence-electron chi connectivity index (χ1n) is 10.5. The molecule has 2 nitrogen and oxygen atoms in total. The molecule has 4 atom stereocenters. The molecule has 0 saturated heterocycles. The lowest BCUT2D eigenvalue weighted by Gasteiger charge is -2.28. The largest absolute Gasteiger partial charge is 0.416 e. The van der Waals surface area contributed by atoms with Crippen LogP contribution in [0, 0.1) is 11.8 Å². The van der Waals surface area contributed by atoms with Crippen molar-refractivity contribution < 1.29 is 36.6 Å². The van der Waals surface area contributed by atoms with Crippen LogP contribution >= 0.6 is 0 Å². The lowest BCUT2D eigenvalue weighted by molar-refractivity contribution is -0.258. The van der Waals surface area contributed by atoms with Crippen molar-refractivity contribution in [3.63, 3.8) is 0 Å². The molecule has 0 aromatic heterocycles. The quantitative estimate of drug-likeness (QED) is 0.393. The molecule has 0 aromatic rings. The van der Waals surface area contributed by atoms with Crippen molar-refractivity contribution >= 4 is 0 Å². The van der Waals surface area contributed by atoms with E-state index in [2.05, 4.69) is 0 Å². The highest BCUT2D eigenvalue weighted by atomic mass is 19.4. The summed E-state index contributed by atoms with van der Waals surface area (Å²) in [6.45, 7) is 16.9. The van der Waals surface area contributed by atoms with Gasteiger partial charge in [0.1, 0.15) is 0 Å². The van der Waals surface area contributed by atoms with Gasteiger partial charge >= 0.3 is 12.4 Å². The van der Waals surface area contributed by atoms with Crippen LogP contribution in [0.5, 0.6) is 0 Å². The van der Waals surface area contributed by atoms with Gasteiger partial charge in [0, 0.05) is 0 Å². The average Bonchev–Trinajstić information content (AvgIpc) is 2.61. The molecule has 0 bridgehead atoms. The Hall–Kier alpha value is -0.500. The minimum Gasteiger partial charge on any atom is -0.381 e. The minimum atomic E-state index is -4.52. The van der Waals surface area contributed by atoms with Crippen molar-refractivity contribution in [3.05, 3.63) is 0 Å². The topological polar surface area (TPSA) is 40.5 Å². The first kappa shape index (κ1) is 35.9. The first-order chi connectivity index (χ1) is 12.9. The van der Waals surface area contributed by atoms with Crippen LogP contribution in [0.15, 0.2) is 0 Å². The summed E-state index contributed by atoms with van der Waals surface area (Å²) in [6.07, 6.45) is -7.58. The lowest BCUT2D eigenvalue weighted by atomic mass is 9.91. The Balaban J connectivity index is -0.000000184. The highest BCUT2D eigenvalue weighted by molar-refractivity contribution is 4.83. The zero-order valence-corrected chi connectivity index (χ0v) is 19.9. The number of alkyl halides is 6. The minimum absolute atomic E-state index is 0.110. The Morgan fingerprint density at radius 3 is 1.21 bits per heavy atom. The van der Waals surface area contributed by atoms with Crippen LogP contribution in [-0.4, -0.2) is 33.8 Å². The molecular weight excluding hydrogens is 398 g/mol. The Morgan fingerprint density at radius 2 is 0.966 bits per heavy atom. The highest BCUT2D eigenvalue weighted by Gasteiger charge is 2.50. The molecule has 8 heteroatoms. The Labute approximate surface area is 174 Å². The fourth-order valence-electron chi connectivity index (χ4n) is 1.81. The van der Waals surface area contributed by atoms with Gasteiger partial charge in [0.05, 0.1) is 0 Å². The first-order valence-corrected chi connectivity index (χ1v) is 10.5. The van der Waals surface area contributed by atoms with E-state index in [0.717, 1.165) is 20.3 Å². The van der Waals surface area contributed by atoms with Gasteiger partial charge in [-0.05, 0) is 44.9 Å². The number of hydrogen-bond donors (Lipinski definition) is 2. The van der Waals surface area contributed by atoms with Crippen molar-refractivity contribution in [2.24, 2.45) is 11.8 Å². The summed E-state index contributed by atoms with van der Waals surface area (Å²) in [7, 11) is 0. The second kappa shape index (κ2) is 16.2. The molecular formula is C21H44F6O2. The van der Waals surface area contributed by atoms with Gasteiger partial charge in [0.15, 0.2) is 11.2 Å². The number of aliphatic hydroxyl groups is 2. The van der Waals surface area contributed by atoms with Gasteiger partial charge in [-0.15, -0.1) is 0 Å². The van der Waals surface area contributed by atoms with Gasteiger partial charge in [-0.2, -0.15) is 26.3 Å². The molecule has 182 valence electrons. The molecule has 0 aromatic carbocycles. The summed E-state index contributed by atoms with van der Waals surface area (Å²) in [6, 6.07) is 0. The van der Waals surface area contributed by atoms with Gasteiger partial charge in [-0.3, -0.25) is 0 Å². The van der Waals surface area contributed by atoms with E-state index in [0.29, 0.717) is 12.8 Å². The van der Waals surface area contributed by atoms with Crippen LogP contribution in [0.25, 0.3) is 0 Å². The smallest absolute Gasteiger partial charge is 0.381 e. The van der Waals surface area contributed by atoms with Gasteiger partial charge in [-0.25, -0.2) is 0 Å². The van der Waals surface area contributed by atoms with Crippen LogP contribution < -0.4 is 0 Å². The van der Waals surface area contributed by atoms with E-state index in [-0.39, 0.29) is 24.7 Å². The second-order valence-electron chi connectivity index (χ2n) is 7.31. The monoisotopic (exact) mass is 442 g/mol. The summed E-state index contributed by atoms with van der Waals surface area (Å²) < 4.78 is 72.7. The second-order valence-corrected chi connectivity index (χ2v) is 7.31. The Morgan fingerprint density at radius 1 is 0.655 bits per heavy atom. The molecule has 0 fully saturated rings. The molecule has 2 N–H and O–H groups in total. The third kappa shape index (κ3) is 16.9. The van der Waals surface area contributed by atoms with E-state index in [9.17, 15) is 26.3 Å². The van der Waals surface area contributed by atoms with Crippen LogP contribution in [-0.2, 0) is 0 Å². The SMILES string of the molecule is CC.CC.CCC(C)CC(C)(O)C(F)(F)F.CCC(C)CCC(C)(O)C(F)(F)F. The molecule has 29 heavy (non-hydrogen) atoms. The third-order valence-electron chi connectivity index (χ3n) is 4.49. The Kier molecular flexibility index (Phi) is 20.1. The summed E-state index contributed by atoms with van der Waals surface area (Å²) in [5, 5.41) is 18.1. The van der Waals surface area contributed by atoms with Gasteiger partial charge < -0.3 is 10.2 Å². The summed E-state index contributed by atoms with van der Waals surface area (Å²) in [4.78, 5) is 0. The molecule has 0 aliphatic heterocycles. The summed E-state index contributed by atoms with van der Waals surface area (Å²) in [5.74, 6) is 0.121. The molecule has 0 saturated carbocycles. The van der Waals surface area contributed by atoms with Gasteiger partial charge in [0.25, 0.3) is 0 Å². The zero-order valence-electron chi connectivity index (χ0n) is 19.9. The molecule has 0 heterocycles. The van der Waals surface area contributed by atoms with Crippen molar-refractivity contribution in [2.75, 3.05) is 0 Å². The van der Waals surface area contributed by atoms with E-state index in [1.54, 1.807) is 13.8 Å². The maximum absolute atomic E-state index is 12.1. The van der Waals surface area contributed by atoms with E-state index >= 15 is 0 Å². The molecule has 0 spiro atoms. The maximum Gasteiger partial charge on any atom is 0.416 e. The normalized spacial score (nSPS) is 17.6. The highest BCUT2D eigenvalue weighted by Crippen LogP contribution is 2.36. The maximum atomic E-state index is 12.1. The van der Waals surface area contributed by atoms with E-state index in [1.807, 2.05) is 41.5 Å². The fraction of sp³-hybridized carbons (Fsp3) is 1.00. The number of halogens is 6.